The van der Waals surface area contributed by atoms with Crippen molar-refractivity contribution < 1.29 is 19.2 Å². The van der Waals surface area contributed by atoms with Gasteiger partial charge in [-0.05, 0) is 29.0 Å². The van der Waals surface area contributed by atoms with E-state index < -0.39 is 22.8 Å². The lowest BCUT2D eigenvalue weighted by Gasteiger charge is -2.17. The van der Waals surface area contributed by atoms with Gasteiger partial charge in [-0.2, -0.15) is 0 Å². The summed E-state index contributed by atoms with van der Waals surface area (Å²) in [5.41, 5.74) is 0.541. The number of nitrogens with zero attached hydrogens (tertiary/aromatic N) is 2. The third-order valence-electron chi connectivity index (χ3n) is 2.77. The monoisotopic (exact) mass is 302 g/mol. The number of carbonyl (C=O) groups excluding carboxylic acids is 1. The molecule has 0 saturated carbocycles. The van der Waals surface area contributed by atoms with Crippen molar-refractivity contribution >= 4 is 11.8 Å². The van der Waals surface area contributed by atoms with Crippen LogP contribution in [0.5, 0.6) is 5.75 Å². The molecule has 2 rings (SSSR count). The van der Waals surface area contributed by atoms with Crippen LogP contribution in [-0.2, 0) is 9.53 Å². The fourth-order valence-corrected chi connectivity index (χ4v) is 1.84. The minimum absolute atomic E-state index is 0.0885. The smallest absolute Gasteiger partial charge is 0.406 e. The SMILES string of the molecule is CCOC(=O)C(Oc1cccnc1[N+](=O)[O-])c1ccccc1. The Labute approximate surface area is 126 Å². The number of esters is 1. The van der Waals surface area contributed by atoms with Crippen molar-refractivity contribution in [2.45, 2.75) is 13.0 Å². The molecule has 0 fully saturated rings. The van der Waals surface area contributed by atoms with Gasteiger partial charge in [0.25, 0.3) is 0 Å². The van der Waals surface area contributed by atoms with E-state index in [4.69, 9.17) is 9.47 Å². The lowest BCUT2D eigenvalue weighted by molar-refractivity contribution is -0.390. The molecule has 0 amide bonds. The van der Waals surface area contributed by atoms with Gasteiger partial charge >= 0.3 is 11.8 Å². The number of pyridine rings is 1. The Morgan fingerprint density at radius 3 is 2.64 bits per heavy atom. The Morgan fingerprint density at radius 1 is 1.27 bits per heavy atom. The molecule has 1 aromatic heterocycles. The van der Waals surface area contributed by atoms with E-state index in [2.05, 4.69) is 4.98 Å². The Hall–Kier alpha value is -2.96. The van der Waals surface area contributed by atoms with Crippen LogP contribution >= 0.6 is 0 Å². The fourth-order valence-electron chi connectivity index (χ4n) is 1.84. The summed E-state index contributed by atoms with van der Waals surface area (Å²) in [5, 5.41) is 11.0. The van der Waals surface area contributed by atoms with Crippen LogP contribution in [0, 0.1) is 10.1 Å². The number of hydrogen-bond donors (Lipinski definition) is 0. The van der Waals surface area contributed by atoms with Crippen molar-refractivity contribution in [1.29, 1.82) is 0 Å². The molecule has 7 nitrogen and oxygen atoms in total. The number of carbonyl (C=O) groups is 1. The van der Waals surface area contributed by atoms with E-state index in [1.54, 1.807) is 37.3 Å². The average Bonchev–Trinajstić information content (AvgIpc) is 2.53. The van der Waals surface area contributed by atoms with Gasteiger partial charge in [-0.3, -0.25) is 0 Å². The van der Waals surface area contributed by atoms with Gasteiger partial charge in [-0.15, -0.1) is 0 Å². The number of hydrogen-bond acceptors (Lipinski definition) is 6. The number of ether oxygens (including phenoxy) is 2. The lowest BCUT2D eigenvalue weighted by atomic mass is 10.1. The maximum atomic E-state index is 12.1. The molecular formula is C15H14N2O5. The summed E-state index contributed by atoms with van der Waals surface area (Å²) < 4.78 is 10.5. The highest BCUT2D eigenvalue weighted by atomic mass is 16.6. The second-order valence-electron chi connectivity index (χ2n) is 4.24. The predicted molar refractivity (Wildman–Crippen MR) is 77.3 cm³/mol. The maximum absolute atomic E-state index is 12.1. The van der Waals surface area contributed by atoms with E-state index in [9.17, 15) is 14.9 Å². The van der Waals surface area contributed by atoms with E-state index >= 15 is 0 Å². The largest absolute Gasteiger partial charge is 0.465 e. The van der Waals surface area contributed by atoms with Crippen LogP contribution in [0.1, 0.15) is 18.6 Å². The molecule has 1 heterocycles. The summed E-state index contributed by atoms with van der Waals surface area (Å²) in [6, 6.07) is 11.5. The molecule has 0 aliphatic heterocycles. The lowest BCUT2D eigenvalue weighted by Crippen LogP contribution is -2.22. The molecule has 1 unspecified atom stereocenters. The van der Waals surface area contributed by atoms with Gasteiger partial charge in [0.05, 0.1) is 6.61 Å². The van der Waals surface area contributed by atoms with Crippen LogP contribution in [-0.4, -0.2) is 22.5 Å². The third kappa shape index (κ3) is 3.57. The van der Waals surface area contributed by atoms with Gasteiger partial charge in [0.15, 0.2) is 0 Å². The van der Waals surface area contributed by atoms with Crippen molar-refractivity contribution in [3.63, 3.8) is 0 Å². The van der Waals surface area contributed by atoms with Gasteiger partial charge in [0, 0.05) is 5.56 Å². The van der Waals surface area contributed by atoms with Gasteiger partial charge in [-0.1, -0.05) is 30.3 Å². The van der Waals surface area contributed by atoms with Crippen LogP contribution in [0.2, 0.25) is 0 Å². The van der Waals surface area contributed by atoms with Crippen molar-refractivity contribution in [2.75, 3.05) is 6.61 Å². The molecule has 0 aliphatic rings. The zero-order valence-electron chi connectivity index (χ0n) is 11.8. The predicted octanol–water partition coefficient (Wildman–Crippen LogP) is 2.67. The van der Waals surface area contributed by atoms with Crippen molar-refractivity contribution in [1.82, 2.24) is 4.98 Å². The normalized spacial score (nSPS) is 11.5. The topological polar surface area (TPSA) is 91.6 Å². The molecular weight excluding hydrogens is 288 g/mol. The van der Waals surface area contributed by atoms with Crippen LogP contribution in [0.3, 0.4) is 0 Å². The average molecular weight is 302 g/mol. The molecule has 0 aliphatic carbocycles. The molecule has 22 heavy (non-hydrogen) atoms. The summed E-state index contributed by atoms with van der Waals surface area (Å²) >= 11 is 0. The minimum atomic E-state index is -1.09. The van der Waals surface area contributed by atoms with Crippen LogP contribution in [0.15, 0.2) is 48.7 Å². The molecule has 0 saturated heterocycles. The van der Waals surface area contributed by atoms with E-state index in [0.717, 1.165) is 0 Å². The molecule has 1 atom stereocenters. The second-order valence-corrected chi connectivity index (χ2v) is 4.24. The maximum Gasteiger partial charge on any atom is 0.406 e. The zero-order chi connectivity index (χ0) is 15.9. The Kier molecular flexibility index (Phi) is 5.02. The molecule has 0 radical (unpaired) electrons. The van der Waals surface area contributed by atoms with Gasteiger partial charge in [-0.25, -0.2) is 4.79 Å². The number of rotatable bonds is 6. The highest BCUT2D eigenvalue weighted by Crippen LogP contribution is 2.29. The molecule has 0 spiro atoms. The standard InChI is InChI=1S/C15H14N2O5/c1-2-21-15(18)13(11-7-4-3-5-8-11)22-12-9-6-10-16-14(12)17(19)20/h3-10,13H,2H2,1H3. The Morgan fingerprint density at radius 2 is 2.00 bits per heavy atom. The zero-order valence-corrected chi connectivity index (χ0v) is 11.8. The van der Waals surface area contributed by atoms with Crippen molar-refractivity contribution in [3.8, 4) is 5.75 Å². The molecule has 7 heteroatoms. The first-order valence-corrected chi connectivity index (χ1v) is 6.61. The quantitative estimate of drug-likeness (QED) is 0.463. The number of aromatic nitrogens is 1. The van der Waals surface area contributed by atoms with Crippen LogP contribution in [0.4, 0.5) is 5.82 Å². The third-order valence-corrected chi connectivity index (χ3v) is 2.77. The summed E-state index contributed by atoms with van der Waals surface area (Å²) in [6.07, 6.45) is 0.191. The molecule has 1 aromatic carbocycles. The highest BCUT2D eigenvalue weighted by molar-refractivity contribution is 5.77. The number of nitro groups is 1. The second kappa shape index (κ2) is 7.16. The minimum Gasteiger partial charge on any atom is -0.465 e. The Bertz CT molecular complexity index is 660. The van der Waals surface area contributed by atoms with E-state index in [0.29, 0.717) is 5.56 Å². The van der Waals surface area contributed by atoms with Crippen molar-refractivity contribution in [3.05, 3.63) is 64.3 Å². The molecule has 2 aromatic rings. The number of benzene rings is 1. The summed E-state index contributed by atoms with van der Waals surface area (Å²) in [4.78, 5) is 26.1. The summed E-state index contributed by atoms with van der Waals surface area (Å²) in [6.45, 7) is 1.85. The first-order valence-electron chi connectivity index (χ1n) is 6.61. The highest BCUT2D eigenvalue weighted by Gasteiger charge is 2.27. The molecule has 114 valence electrons. The molecule has 0 N–H and O–H groups in total. The Balaban J connectivity index is 2.35. The van der Waals surface area contributed by atoms with E-state index in [1.165, 1.54) is 18.3 Å². The van der Waals surface area contributed by atoms with E-state index in [-0.39, 0.29) is 12.4 Å². The first kappa shape index (κ1) is 15.4. The van der Waals surface area contributed by atoms with Gasteiger partial charge in [0.1, 0.15) is 6.20 Å². The first-order chi connectivity index (χ1) is 10.6. The van der Waals surface area contributed by atoms with Crippen LogP contribution in [0.25, 0.3) is 0 Å². The molecule has 0 bridgehead atoms. The summed E-state index contributed by atoms with van der Waals surface area (Å²) in [5.74, 6) is -1.16. The summed E-state index contributed by atoms with van der Waals surface area (Å²) in [7, 11) is 0. The van der Waals surface area contributed by atoms with Crippen molar-refractivity contribution in [2.24, 2.45) is 0 Å². The fraction of sp³-hybridized carbons (Fsp3) is 0.200. The van der Waals surface area contributed by atoms with Gasteiger partial charge < -0.3 is 19.6 Å². The van der Waals surface area contributed by atoms with Crippen LogP contribution < -0.4 is 4.74 Å². The van der Waals surface area contributed by atoms with Gasteiger partial charge in [0.2, 0.25) is 11.9 Å². The van der Waals surface area contributed by atoms with E-state index in [1.807, 2.05) is 0 Å².